The number of hydrogen-bond donors (Lipinski definition) is 1. The number of phenols is 1. The molecule has 5 heteroatoms. The molecule has 0 saturated carbocycles. The lowest BCUT2D eigenvalue weighted by Gasteiger charge is -2.09. The first-order chi connectivity index (χ1) is 14.3. The SMILES string of the molecule is Oc1c(CCc2ccccc2)ccc2c1n1ccc3cccc(c4nncn24)c31. The maximum atomic E-state index is 11.3. The van der Waals surface area contributed by atoms with Crippen LogP contribution in [-0.2, 0) is 12.8 Å². The molecule has 0 amide bonds. The molecule has 0 fully saturated rings. The van der Waals surface area contributed by atoms with E-state index < -0.39 is 0 Å². The zero-order valence-electron chi connectivity index (χ0n) is 15.7. The van der Waals surface area contributed by atoms with E-state index in [4.69, 9.17) is 0 Å². The third-order valence-corrected chi connectivity index (χ3v) is 5.74. The minimum atomic E-state index is 0.312. The van der Waals surface area contributed by atoms with Crippen LogP contribution in [0.3, 0.4) is 0 Å². The topological polar surface area (TPSA) is 54.8 Å². The molecule has 0 radical (unpaired) electrons. The molecular formula is C24H18N4O. The van der Waals surface area contributed by atoms with Crippen LogP contribution in [0.2, 0.25) is 0 Å². The van der Waals surface area contributed by atoms with Crippen LogP contribution < -0.4 is 0 Å². The van der Waals surface area contributed by atoms with Gasteiger partial charge in [0.1, 0.15) is 17.6 Å². The summed E-state index contributed by atoms with van der Waals surface area (Å²) in [6.45, 7) is 0. The molecule has 0 spiro atoms. The average Bonchev–Trinajstić information content (AvgIpc) is 3.38. The van der Waals surface area contributed by atoms with Gasteiger partial charge in [-0.3, -0.25) is 4.40 Å². The maximum Gasteiger partial charge on any atom is 0.170 e. The quantitative estimate of drug-likeness (QED) is 0.482. The number of para-hydroxylation sites is 1. The summed E-state index contributed by atoms with van der Waals surface area (Å²) in [5.41, 5.74) is 5.66. The van der Waals surface area contributed by atoms with Crippen molar-refractivity contribution in [2.75, 3.05) is 0 Å². The first kappa shape index (κ1) is 16.1. The van der Waals surface area contributed by atoms with Crippen molar-refractivity contribution in [3.63, 3.8) is 0 Å². The summed E-state index contributed by atoms with van der Waals surface area (Å²) in [7, 11) is 0. The predicted molar refractivity (Wildman–Crippen MR) is 114 cm³/mol. The third kappa shape index (κ3) is 2.34. The first-order valence-electron chi connectivity index (χ1n) is 9.71. The van der Waals surface area contributed by atoms with Crippen molar-refractivity contribution < 1.29 is 5.11 Å². The molecule has 0 saturated heterocycles. The summed E-state index contributed by atoms with van der Waals surface area (Å²) < 4.78 is 4.04. The normalized spacial score (nSPS) is 11.9. The highest BCUT2D eigenvalue weighted by Gasteiger charge is 2.16. The van der Waals surface area contributed by atoms with E-state index in [0.29, 0.717) is 5.75 Å². The van der Waals surface area contributed by atoms with Crippen LogP contribution in [0, 0.1) is 0 Å². The van der Waals surface area contributed by atoms with Gasteiger partial charge in [-0.05, 0) is 42.2 Å². The minimum absolute atomic E-state index is 0.312. The van der Waals surface area contributed by atoms with E-state index in [1.54, 1.807) is 6.33 Å². The Labute approximate surface area is 166 Å². The fourth-order valence-electron chi connectivity index (χ4n) is 4.32. The molecule has 0 aliphatic heterocycles. The fraction of sp³-hybridized carbons (Fsp3) is 0.0833. The lowest BCUT2D eigenvalue weighted by atomic mass is 10.0. The Morgan fingerprint density at radius 3 is 2.59 bits per heavy atom. The second-order valence-corrected chi connectivity index (χ2v) is 7.38. The molecule has 29 heavy (non-hydrogen) atoms. The van der Waals surface area contributed by atoms with Gasteiger partial charge in [0.15, 0.2) is 5.65 Å². The monoisotopic (exact) mass is 378 g/mol. The number of phenolic OH excluding ortho intramolecular Hbond substituents is 1. The van der Waals surface area contributed by atoms with E-state index >= 15 is 0 Å². The van der Waals surface area contributed by atoms with Crippen molar-refractivity contribution in [2.45, 2.75) is 12.8 Å². The molecule has 6 aromatic rings. The third-order valence-electron chi connectivity index (χ3n) is 5.74. The van der Waals surface area contributed by atoms with Crippen molar-refractivity contribution in [1.82, 2.24) is 19.0 Å². The van der Waals surface area contributed by atoms with Gasteiger partial charge in [0.2, 0.25) is 0 Å². The van der Waals surface area contributed by atoms with Gasteiger partial charge in [0.25, 0.3) is 0 Å². The summed E-state index contributed by atoms with van der Waals surface area (Å²) in [4.78, 5) is 0. The number of nitrogens with zero attached hydrogens (tertiary/aromatic N) is 4. The molecule has 5 nitrogen and oxygen atoms in total. The zero-order valence-corrected chi connectivity index (χ0v) is 15.7. The van der Waals surface area contributed by atoms with Crippen LogP contribution in [0.15, 0.2) is 79.3 Å². The number of aromatic hydroxyl groups is 1. The number of aryl methyl sites for hydroxylation is 2. The van der Waals surface area contributed by atoms with Crippen molar-refractivity contribution in [2.24, 2.45) is 0 Å². The van der Waals surface area contributed by atoms with E-state index in [1.807, 2.05) is 40.9 Å². The van der Waals surface area contributed by atoms with E-state index in [-0.39, 0.29) is 0 Å². The number of aromatic nitrogens is 4. The highest BCUT2D eigenvalue weighted by atomic mass is 16.3. The van der Waals surface area contributed by atoms with E-state index in [0.717, 1.165) is 51.4 Å². The summed E-state index contributed by atoms with van der Waals surface area (Å²) in [6.07, 6.45) is 5.38. The average molecular weight is 378 g/mol. The number of rotatable bonds is 3. The summed E-state index contributed by atoms with van der Waals surface area (Å²) in [5, 5.41) is 21.9. The molecule has 0 unspecified atom stereocenters. The largest absolute Gasteiger partial charge is 0.505 e. The van der Waals surface area contributed by atoms with Gasteiger partial charge in [0, 0.05) is 17.0 Å². The molecule has 3 aromatic carbocycles. The lowest BCUT2D eigenvalue weighted by Crippen LogP contribution is -1.95. The van der Waals surface area contributed by atoms with Gasteiger partial charge in [0.05, 0.1) is 11.0 Å². The fourth-order valence-corrected chi connectivity index (χ4v) is 4.32. The van der Waals surface area contributed by atoms with E-state index in [1.165, 1.54) is 5.56 Å². The Bertz CT molecular complexity index is 1510. The van der Waals surface area contributed by atoms with Crippen LogP contribution in [0.4, 0.5) is 0 Å². The van der Waals surface area contributed by atoms with Crippen molar-refractivity contribution in [3.05, 3.63) is 90.4 Å². The predicted octanol–water partition coefficient (Wildman–Crippen LogP) is 4.78. The summed E-state index contributed by atoms with van der Waals surface area (Å²) in [5.74, 6) is 0.312. The number of hydrogen-bond acceptors (Lipinski definition) is 3. The summed E-state index contributed by atoms with van der Waals surface area (Å²) in [6, 6.07) is 22.7. The molecule has 3 aromatic heterocycles. The second kappa shape index (κ2) is 6.07. The highest BCUT2D eigenvalue weighted by Crippen LogP contribution is 2.34. The van der Waals surface area contributed by atoms with Crippen LogP contribution in [0.1, 0.15) is 11.1 Å². The van der Waals surface area contributed by atoms with Gasteiger partial charge < -0.3 is 9.51 Å². The van der Waals surface area contributed by atoms with Gasteiger partial charge >= 0.3 is 0 Å². The molecule has 140 valence electrons. The van der Waals surface area contributed by atoms with Crippen molar-refractivity contribution in [1.29, 1.82) is 0 Å². The van der Waals surface area contributed by atoms with Crippen molar-refractivity contribution >= 4 is 33.0 Å². The number of benzene rings is 3. The molecule has 0 aliphatic carbocycles. The lowest BCUT2D eigenvalue weighted by molar-refractivity contribution is 0.472. The van der Waals surface area contributed by atoms with Crippen molar-refractivity contribution in [3.8, 4) is 5.75 Å². The van der Waals surface area contributed by atoms with Gasteiger partial charge in [-0.15, -0.1) is 10.2 Å². The molecule has 0 atom stereocenters. The van der Waals surface area contributed by atoms with Gasteiger partial charge in [-0.1, -0.05) is 48.5 Å². The van der Waals surface area contributed by atoms with Crippen LogP contribution in [0.5, 0.6) is 5.75 Å². The van der Waals surface area contributed by atoms with E-state index in [9.17, 15) is 5.11 Å². The Hall–Kier alpha value is -3.86. The minimum Gasteiger partial charge on any atom is -0.505 e. The standard InChI is InChI=1S/C24H18N4O/c29-23-18(10-9-16-5-2-1-3-6-16)11-12-20-22(23)27-14-13-17-7-4-8-19(21(17)27)24-26-25-15-28(20)24/h1-8,11-15,29H,9-10H2. The Morgan fingerprint density at radius 1 is 0.793 bits per heavy atom. The van der Waals surface area contributed by atoms with E-state index in [2.05, 4.69) is 51.0 Å². The molecule has 1 N–H and O–H groups in total. The van der Waals surface area contributed by atoms with Gasteiger partial charge in [-0.2, -0.15) is 0 Å². The van der Waals surface area contributed by atoms with Gasteiger partial charge in [-0.25, -0.2) is 0 Å². The highest BCUT2D eigenvalue weighted by molar-refractivity contribution is 6.06. The molecule has 0 bridgehead atoms. The zero-order chi connectivity index (χ0) is 19.4. The van der Waals surface area contributed by atoms with Crippen LogP contribution >= 0.6 is 0 Å². The molecule has 0 aliphatic rings. The number of fused-ring (bicyclic) bond motifs is 5. The smallest absolute Gasteiger partial charge is 0.170 e. The molecule has 3 heterocycles. The van der Waals surface area contributed by atoms with Crippen LogP contribution in [0.25, 0.3) is 33.0 Å². The Kier molecular flexibility index (Phi) is 3.38. The molecular weight excluding hydrogens is 360 g/mol. The van der Waals surface area contributed by atoms with Crippen LogP contribution in [-0.4, -0.2) is 24.1 Å². The Morgan fingerprint density at radius 2 is 1.69 bits per heavy atom. The Balaban J connectivity index is 1.67. The molecule has 6 rings (SSSR count). The maximum absolute atomic E-state index is 11.3. The first-order valence-corrected chi connectivity index (χ1v) is 9.71. The summed E-state index contributed by atoms with van der Waals surface area (Å²) >= 11 is 0. The second-order valence-electron chi connectivity index (χ2n) is 7.38.